The first-order valence-corrected chi connectivity index (χ1v) is 10.8. The second-order valence-corrected chi connectivity index (χ2v) is 7.82. The molecular weight excluding hydrogens is 509 g/mol. The van der Waals surface area contributed by atoms with E-state index >= 15 is 0 Å². The van der Waals surface area contributed by atoms with E-state index in [1.165, 1.54) is 7.11 Å². The van der Waals surface area contributed by atoms with Gasteiger partial charge < -0.3 is 20.1 Å². The van der Waals surface area contributed by atoms with Crippen molar-refractivity contribution in [3.63, 3.8) is 0 Å². The fourth-order valence-corrected chi connectivity index (χ4v) is 3.44. The van der Waals surface area contributed by atoms with E-state index in [1.807, 2.05) is 24.3 Å². The Balaban J connectivity index is 0.00000480. The number of aliphatic imine (C=N–C) groups is 1. The minimum atomic E-state index is -0.476. The molecule has 1 amide bonds. The largest absolute Gasteiger partial charge is 0.453 e. The summed E-state index contributed by atoms with van der Waals surface area (Å²) in [5.74, 6) is 1.45. The summed E-state index contributed by atoms with van der Waals surface area (Å²) in [6, 6.07) is 8.06. The van der Waals surface area contributed by atoms with Gasteiger partial charge in [0.1, 0.15) is 0 Å². The fourth-order valence-electron chi connectivity index (χ4n) is 3.44. The lowest BCUT2D eigenvalue weighted by Gasteiger charge is -2.35. The van der Waals surface area contributed by atoms with Gasteiger partial charge in [-0.3, -0.25) is 10.2 Å². The molecule has 0 bridgehead atoms. The van der Waals surface area contributed by atoms with Gasteiger partial charge >= 0.3 is 6.09 Å². The number of morpholine rings is 1. The minimum absolute atomic E-state index is 0. The monoisotopic (exact) mass is 547 g/mol. The lowest BCUT2D eigenvalue weighted by Crippen LogP contribution is -2.51. The minimum Gasteiger partial charge on any atom is -0.453 e. The molecule has 31 heavy (non-hydrogen) atoms. The lowest BCUT2D eigenvalue weighted by molar-refractivity contribution is 0.0132. The molecule has 1 heterocycles. The van der Waals surface area contributed by atoms with Crippen LogP contribution in [-0.2, 0) is 16.0 Å². The van der Waals surface area contributed by atoms with E-state index in [1.54, 1.807) is 0 Å². The summed E-state index contributed by atoms with van der Waals surface area (Å²) in [7, 11) is 1.35. The number of carbonyl (C=O) groups excluding carboxylic acids is 1. The van der Waals surface area contributed by atoms with Gasteiger partial charge in [0, 0.05) is 37.9 Å². The topological polar surface area (TPSA) is 87.2 Å². The zero-order valence-electron chi connectivity index (χ0n) is 19.1. The third kappa shape index (κ3) is 10.5. The molecule has 1 aliphatic rings. The fraction of sp³-hybridized carbons (Fsp3) is 0.636. The van der Waals surface area contributed by atoms with Crippen molar-refractivity contribution < 1.29 is 14.3 Å². The Kier molecular flexibility index (Phi) is 13.5. The van der Waals surface area contributed by atoms with Crippen LogP contribution in [0.4, 0.5) is 10.5 Å². The second kappa shape index (κ2) is 15.3. The number of ether oxygens (including phenoxy) is 2. The zero-order valence-corrected chi connectivity index (χ0v) is 21.5. The van der Waals surface area contributed by atoms with E-state index < -0.39 is 6.09 Å². The third-order valence-electron chi connectivity index (χ3n) is 4.96. The molecule has 3 N–H and O–H groups in total. The average molecular weight is 547 g/mol. The molecule has 1 aromatic rings. The van der Waals surface area contributed by atoms with Gasteiger partial charge in [0.15, 0.2) is 5.96 Å². The normalized spacial score (nSPS) is 15.7. The average Bonchev–Trinajstić information content (AvgIpc) is 2.76. The van der Waals surface area contributed by atoms with Gasteiger partial charge in [0.05, 0.1) is 26.9 Å². The molecule has 9 heteroatoms. The van der Waals surface area contributed by atoms with Crippen molar-refractivity contribution in [3.05, 3.63) is 29.8 Å². The van der Waals surface area contributed by atoms with Crippen LogP contribution < -0.4 is 16.0 Å². The van der Waals surface area contributed by atoms with Gasteiger partial charge in [0.2, 0.25) is 0 Å². The first kappa shape index (κ1) is 27.4. The van der Waals surface area contributed by atoms with Crippen molar-refractivity contribution in [3.8, 4) is 0 Å². The number of hydrogen-bond donors (Lipinski definition) is 3. The second-order valence-electron chi connectivity index (χ2n) is 7.82. The van der Waals surface area contributed by atoms with E-state index in [9.17, 15) is 4.79 Å². The predicted molar refractivity (Wildman–Crippen MR) is 136 cm³/mol. The summed E-state index contributed by atoms with van der Waals surface area (Å²) in [5.41, 5.74) is 1.76. The molecule has 1 fully saturated rings. The van der Waals surface area contributed by atoms with E-state index in [0.29, 0.717) is 24.2 Å². The first-order chi connectivity index (χ1) is 14.5. The molecule has 0 saturated carbocycles. The van der Waals surface area contributed by atoms with Crippen LogP contribution in [0.15, 0.2) is 29.3 Å². The van der Waals surface area contributed by atoms with Crippen molar-refractivity contribution in [2.75, 3.05) is 51.8 Å². The van der Waals surface area contributed by atoms with E-state index in [4.69, 9.17) is 9.73 Å². The van der Waals surface area contributed by atoms with Crippen molar-refractivity contribution in [2.45, 2.75) is 39.8 Å². The Hall–Kier alpha value is -1.59. The number of hydrogen-bond acceptors (Lipinski definition) is 5. The smallest absolute Gasteiger partial charge is 0.411 e. The van der Waals surface area contributed by atoms with Crippen LogP contribution in [0, 0.1) is 5.92 Å². The molecule has 8 nitrogen and oxygen atoms in total. The predicted octanol–water partition coefficient (Wildman–Crippen LogP) is 3.28. The first-order valence-electron chi connectivity index (χ1n) is 10.8. The van der Waals surface area contributed by atoms with Crippen LogP contribution in [-0.4, -0.2) is 69.5 Å². The number of halogens is 1. The lowest BCUT2D eigenvalue weighted by atomic mass is 10.0. The SMILES string of the molecule is CCNC(=NCc1ccc(NC(=O)OC)cc1)NCC(CC(C)C)N1CCOCC1.I. The van der Waals surface area contributed by atoms with Crippen LogP contribution >= 0.6 is 24.0 Å². The Morgan fingerprint density at radius 1 is 1.19 bits per heavy atom. The third-order valence-corrected chi connectivity index (χ3v) is 4.96. The highest BCUT2D eigenvalue weighted by atomic mass is 127. The molecule has 0 aliphatic carbocycles. The Morgan fingerprint density at radius 2 is 1.87 bits per heavy atom. The van der Waals surface area contributed by atoms with E-state index in [0.717, 1.165) is 57.3 Å². The van der Waals surface area contributed by atoms with Gasteiger partial charge in [-0.2, -0.15) is 0 Å². The number of anilines is 1. The summed E-state index contributed by atoms with van der Waals surface area (Å²) in [5, 5.41) is 9.50. The summed E-state index contributed by atoms with van der Waals surface area (Å²) in [6.07, 6.45) is 0.664. The van der Waals surface area contributed by atoms with Crippen molar-refractivity contribution in [1.29, 1.82) is 0 Å². The highest BCUT2D eigenvalue weighted by Gasteiger charge is 2.22. The maximum atomic E-state index is 11.3. The number of benzene rings is 1. The zero-order chi connectivity index (χ0) is 21.8. The molecule has 1 saturated heterocycles. The molecule has 0 radical (unpaired) electrons. The summed E-state index contributed by atoms with van der Waals surface area (Å²) >= 11 is 0. The van der Waals surface area contributed by atoms with E-state index in [-0.39, 0.29) is 24.0 Å². The van der Waals surface area contributed by atoms with Crippen LogP contribution in [0.2, 0.25) is 0 Å². The number of guanidine groups is 1. The van der Waals surface area contributed by atoms with Crippen molar-refractivity contribution in [2.24, 2.45) is 10.9 Å². The molecular formula is C22H38IN5O3. The van der Waals surface area contributed by atoms with Crippen LogP contribution in [0.5, 0.6) is 0 Å². The standard InChI is InChI=1S/C22H37N5O3.HI/c1-5-23-21(24-15-18-6-8-19(9-7-18)26-22(28)29-4)25-16-20(14-17(2)3)27-10-12-30-13-11-27;/h6-9,17,20H,5,10-16H2,1-4H3,(H,26,28)(H2,23,24,25);1H. The van der Waals surface area contributed by atoms with Gasteiger partial charge in [-0.1, -0.05) is 26.0 Å². The quantitative estimate of drug-likeness (QED) is 0.250. The number of nitrogens with zero attached hydrogens (tertiary/aromatic N) is 2. The molecule has 1 aliphatic heterocycles. The van der Waals surface area contributed by atoms with Gasteiger partial charge in [0.25, 0.3) is 0 Å². The number of nitrogens with one attached hydrogen (secondary N) is 3. The molecule has 1 aromatic carbocycles. The van der Waals surface area contributed by atoms with Crippen LogP contribution in [0.1, 0.15) is 32.8 Å². The number of rotatable bonds is 9. The maximum absolute atomic E-state index is 11.3. The van der Waals surface area contributed by atoms with Crippen molar-refractivity contribution >= 4 is 41.7 Å². The molecule has 2 rings (SSSR count). The van der Waals surface area contributed by atoms with Gasteiger partial charge in [-0.05, 0) is 37.0 Å². The number of methoxy groups -OCH3 is 1. The number of carbonyl (C=O) groups is 1. The molecule has 1 atom stereocenters. The van der Waals surface area contributed by atoms with Crippen molar-refractivity contribution in [1.82, 2.24) is 15.5 Å². The van der Waals surface area contributed by atoms with Gasteiger partial charge in [-0.15, -0.1) is 24.0 Å². The van der Waals surface area contributed by atoms with Crippen LogP contribution in [0.3, 0.4) is 0 Å². The molecule has 0 aromatic heterocycles. The Bertz CT molecular complexity index is 664. The molecule has 0 spiro atoms. The Morgan fingerprint density at radius 3 is 2.45 bits per heavy atom. The van der Waals surface area contributed by atoms with Gasteiger partial charge in [-0.25, -0.2) is 9.79 Å². The van der Waals surface area contributed by atoms with E-state index in [2.05, 4.69) is 46.4 Å². The molecule has 1 unspecified atom stereocenters. The number of amides is 1. The summed E-state index contributed by atoms with van der Waals surface area (Å²) < 4.78 is 10.1. The molecule has 176 valence electrons. The maximum Gasteiger partial charge on any atom is 0.411 e. The summed E-state index contributed by atoms with van der Waals surface area (Å²) in [6.45, 7) is 12.4. The summed E-state index contributed by atoms with van der Waals surface area (Å²) in [4.78, 5) is 18.5. The van der Waals surface area contributed by atoms with Crippen LogP contribution in [0.25, 0.3) is 0 Å². The highest BCUT2D eigenvalue weighted by molar-refractivity contribution is 14.0. The Labute approximate surface area is 203 Å². The highest BCUT2D eigenvalue weighted by Crippen LogP contribution is 2.13.